The fourth-order valence-corrected chi connectivity index (χ4v) is 0.915. The van der Waals surface area contributed by atoms with Crippen LogP contribution in [0.5, 0.6) is 0 Å². The lowest BCUT2D eigenvalue weighted by atomic mass is 10.2. The summed E-state index contributed by atoms with van der Waals surface area (Å²) >= 11 is 0. The lowest BCUT2D eigenvalue weighted by Crippen LogP contribution is -1.84. The van der Waals surface area contributed by atoms with E-state index >= 15 is 0 Å². The molecular weight excluding hydrogens is 184 g/mol. The average molecular weight is 202 g/mol. The maximum atomic E-state index is 4.22. The zero-order chi connectivity index (χ0) is 11.4. The smallest absolute Gasteiger partial charge is 0.0430 e. The Hall–Kier alpha value is -1.70. The van der Waals surface area contributed by atoms with Crippen molar-refractivity contribution >= 4 is 12.9 Å². The highest BCUT2D eigenvalue weighted by Gasteiger charge is 1.89. The summed E-state index contributed by atoms with van der Waals surface area (Å²) in [6, 6.07) is 0. The predicted molar refractivity (Wildman–Crippen MR) is 69.8 cm³/mol. The zero-order valence-electron chi connectivity index (χ0n) is 9.26. The van der Waals surface area contributed by atoms with Gasteiger partial charge in [0.25, 0.3) is 0 Å². The highest BCUT2D eigenvalue weighted by atomic mass is 14.7. The summed E-state index contributed by atoms with van der Waals surface area (Å²) in [5.41, 5.74) is 1.10. The normalized spacial score (nSPS) is 13.0. The molecule has 0 fully saturated rings. The molecule has 0 saturated carbocycles. The lowest BCUT2D eigenvalue weighted by Gasteiger charge is -1.96. The second kappa shape index (κ2) is 10.4. The minimum absolute atomic E-state index is 0.757. The van der Waals surface area contributed by atoms with Crippen molar-refractivity contribution in [2.75, 3.05) is 6.54 Å². The van der Waals surface area contributed by atoms with Crippen molar-refractivity contribution in [3.8, 4) is 0 Å². The first-order valence-corrected chi connectivity index (χ1v) is 4.90. The Morgan fingerprint density at radius 3 is 2.73 bits per heavy atom. The predicted octanol–water partition coefficient (Wildman–Crippen LogP) is 3.35. The number of aliphatic imine (C=N–C) groups is 2. The monoisotopic (exact) mass is 202 g/mol. The van der Waals surface area contributed by atoms with Crippen molar-refractivity contribution in [3.05, 3.63) is 48.7 Å². The van der Waals surface area contributed by atoms with Gasteiger partial charge in [0.15, 0.2) is 0 Å². The molecule has 0 aliphatic heterocycles. The van der Waals surface area contributed by atoms with Crippen LogP contribution in [0.4, 0.5) is 0 Å². The minimum Gasteiger partial charge on any atom is -0.293 e. The molecule has 0 amide bonds. The summed E-state index contributed by atoms with van der Waals surface area (Å²) < 4.78 is 0. The van der Waals surface area contributed by atoms with Crippen LogP contribution in [0.1, 0.15) is 13.3 Å². The summed E-state index contributed by atoms with van der Waals surface area (Å²) in [6.07, 6.45) is 13.8. The van der Waals surface area contributed by atoms with Crippen molar-refractivity contribution in [2.24, 2.45) is 9.98 Å². The Morgan fingerprint density at radius 1 is 1.33 bits per heavy atom. The van der Waals surface area contributed by atoms with Gasteiger partial charge in [-0.15, -0.1) is 0 Å². The van der Waals surface area contributed by atoms with Crippen LogP contribution in [0.3, 0.4) is 0 Å². The maximum absolute atomic E-state index is 4.22. The molecule has 2 heteroatoms. The molecule has 15 heavy (non-hydrogen) atoms. The quantitative estimate of drug-likeness (QED) is 0.447. The second-order valence-corrected chi connectivity index (χ2v) is 2.81. The fourth-order valence-electron chi connectivity index (χ4n) is 0.915. The van der Waals surface area contributed by atoms with E-state index in [1.165, 1.54) is 0 Å². The van der Waals surface area contributed by atoms with E-state index < -0.39 is 0 Å². The van der Waals surface area contributed by atoms with E-state index in [0.29, 0.717) is 0 Å². The molecule has 0 unspecified atom stereocenters. The van der Waals surface area contributed by atoms with Crippen molar-refractivity contribution < 1.29 is 0 Å². The molecular formula is C13H18N2. The van der Waals surface area contributed by atoms with Crippen molar-refractivity contribution in [1.82, 2.24) is 0 Å². The SMILES string of the molecule is C=C/C=C/C(=C\N=C)CC/N=C\C=C/C. The third kappa shape index (κ3) is 8.63. The number of hydrogen-bond donors (Lipinski definition) is 0. The molecule has 0 N–H and O–H groups in total. The van der Waals surface area contributed by atoms with Crippen LogP contribution in [0, 0.1) is 0 Å². The lowest BCUT2D eigenvalue weighted by molar-refractivity contribution is 0.975. The molecule has 0 rings (SSSR count). The van der Waals surface area contributed by atoms with Gasteiger partial charge in [-0.3, -0.25) is 9.98 Å². The molecule has 2 nitrogen and oxygen atoms in total. The Labute approximate surface area is 92.2 Å². The van der Waals surface area contributed by atoms with Crippen molar-refractivity contribution in [3.63, 3.8) is 0 Å². The van der Waals surface area contributed by atoms with Crippen LogP contribution in [0.15, 0.2) is 58.7 Å². The Bertz CT molecular complexity index is 294. The molecule has 0 aliphatic rings. The summed E-state index contributed by atoms with van der Waals surface area (Å²) in [7, 11) is 0. The molecule has 0 atom stereocenters. The van der Waals surface area contributed by atoms with E-state index in [1.54, 1.807) is 18.5 Å². The first-order valence-electron chi connectivity index (χ1n) is 4.90. The van der Waals surface area contributed by atoms with E-state index in [2.05, 4.69) is 23.3 Å². The molecule has 0 aromatic carbocycles. The molecule has 0 saturated heterocycles. The van der Waals surface area contributed by atoms with Crippen LogP contribution in [-0.2, 0) is 0 Å². The highest BCUT2D eigenvalue weighted by molar-refractivity contribution is 5.70. The zero-order valence-corrected chi connectivity index (χ0v) is 9.26. The maximum Gasteiger partial charge on any atom is 0.0430 e. The van der Waals surface area contributed by atoms with Crippen LogP contribution < -0.4 is 0 Å². The Morgan fingerprint density at radius 2 is 2.13 bits per heavy atom. The summed E-state index contributed by atoms with van der Waals surface area (Å²) in [5.74, 6) is 0. The number of nitrogens with zero attached hydrogens (tertiary/aromatic N) is 2. The summed E-state index contributed by atoms with van der Waals surface area (Å²) in [5, 5.41) is 0. The molecule has 80 valence electrons. The van der Waals surface area contributed by atoms with Crippen molar-refractivity contribution in [1.29, 1.82) is 0 Å². The minimum atomic E-state index is 0.757. The van der Waals surface area contributed by atoms with Gasteiger partial charge >= 0.3 is 0 Å². The first-order chi connectivity index (χ1) is 7.35. The third-order valence-corrected chi connectivity index (χ3v) is 1.62. The summed E-state index contributed by atoms with van der Waals surface area (Å²) in [6.45, 7) is 9.77. The number of allylic oxidation sites excluding steroid dienone is 5. The fraction of sp³-hybridized carbons (Fsp3) is 0.231. The molecule has 0 radical (unpaired) electrons. The van der Waals surface area contributed by atoms with E-state index in [1.807, 2.05) is 31.2 Å². The molecule has 0 bridgehead atoms. The molecule has 0 spiro atoms. The molecule has 0 aromatic rings. The molecule has 0 aliphatic carbocycles. The second-order valence-electron chi connectivity index (χ2n) is 2.81. The average Bonchev–Trinajstić information content (AvgIpc) is 2.25. The van der Waals surface area contributed by atoms with Gasteiger partial charge in [-0.1, -0.05) is 30.9 Å². The topological polar surface area (TPSA) is 24.7 Å². The highest BCUT2D eigenvalue weighted by Crippen LogP contribution is 2.03. The van der Waals surface area contributed by atoms with Crippen LogP contribution >= 0.6 is 0 Å². The Balaban J connectivity index is 4.08. The van der Waals surface area contributed by atoms with Gasteiger partial charge in [0.1, 0.15) is 0 Å². The van der Waals surface area contributed by atoms with Crippen LogP contribution in [0.25, 0.3) is 0 Å². The third-order valence-electron chi connectivity index (χ3n) is 1.62. The number of rotatable bonds is 7. The first kappa shape index (κ1) is 13.3. The van der Waals surface area contributed by atoms with Gasteiger partial charge in [0.2, 0.25) is 0 Å². The Kier molecular flexibility index (Phi) is 9.20. The van der Waals surface area contributed by atoms with E-state index in [0.717, 1.165) is 18.5 Å². The van der Waals surface area contributed by atoms with Gasteiger partial charge in [0, 0.05) is 19.0 Å². The standard InChI is InChI=1S/C13H18N2/c1-4-6-8-13(12-14-3)9-11-15-10-7-5-2/h4-8,10,12H,1,3,9,11H2,2H3/b7-5-,8-6+,13-12+,15-10-. The molecule has 0 heterocycles. The van der Waals surface area contributed by atoms with E-state index in [4.69, 9.17) is 0 Å². The van der Waals surface area contributed by atoms with Gasteiger partial charge < -0.3 is 0 Å². The van der Waals surface area contributed by atoms with Gasteiger partial charge in [-0.25, -0.2) is 0 Å². The summed E-state index contributed by atoms with van der Waals surface area (Å²) in [4.78, 5) is 7.96. The van der Waals surface area contributed by atoms with Crippen molar-refractivity contribution in [2.45, 2.75) is 13.3 Å². The van der Waals surface area contributed by atoms with Gasteiger partial charge in [-0.2, -0.15) is 0 Å². The van der Waals surface area contributed by atoms with E-state index in [9.17, 15) is 0 Å². The van der Waals surface area contributed by atoms with Crippen LogP contribution in [0.2, 0.25) is 0 Å². The van der Waals surface area contributed by atoms with E-state index in [-0.39, 0.29) is 0 Å². The van der Waals surface area contributed by atoms with Crippen LogP contribution in [-0.4, -0.2) is 19.5 Å². The number of hydrogen-bond acceptors (Lipinski definition) is 2. The van der Waals surface area contributed by atoms with Gasteiger partial charge in [-0.05, 0) is 31.7 Å². The van der Waals surface area contributed by atoms with Gasteiger partial charge in [0.05, 0.1) is 0 Å². The largest absolute Gasteiger partial charge is 0.293 e. The molecule has 0 aromatic heterocycles.